The summed E-state index contributed by atoms with van der Waals surface area (Å²) in [6, 6.07) is 74.0. The molecular weight excluding hydrogens is 1960 g/mol. The molecule has 0 amide bonds. The van der Waals surface area contributed by atoms with E-state index in [1.807, 2.05) is 146 Å². The van der Waals surface area contributed by atoms with Gasteiger partial charge in [-0.1, -0.05) is 153 Å². The lowest BCUT2D eigenvalue weighted by Crippen LogP contribution is -2.01. The average Bonchev–Trinajstić information content (AvgIpc) is 1.09. The van der Waals surface area contributed by atoms with Gasteiger partial charge in [-0.15, -0.1) is 0 Å². The maximum Gasteiger partial charge on any atom is 0.181 e. The Morgan fingerprint density at radius 3 is 0.911 bits per heavy atom. The number of nitrogens with one attached hydrogen (secondary N) is 1. The summed E-state index contributed by atoms with van der Waals surface area (Å²) >= 11 is 16.4. The molecule has 0 atom stereocenters. The molecule has 0 spiro atoms. The third-order valence-electron chi connectivity index (χ3n) is 21.2. The molecule has 7 heterocycles. The van der Waals surface area contributed by atoms with Crippen molar-refractivity contribution in [1.82, 2.24) is 30.6 Å². The molecule has 0 aliphatic heterocycles. The molecule has 7 aromatic heterocycles. The first kappa shape index (κ1) is 104. The number of aryl methyl sites for hydroxylation is 8. The zero-order valence-electron chi connectivity index (χ0n) is 76.4. The summed E-state index contributed by atoms with van der Waals surface area (Å²) in [4.78, 5) is 88.1. The minimum atomic E-state index is -0.249. The minimum absolute atomic E-state index is 0.00277. The summed E-state index contributed by atoms with van der Waals surface area (Å²) in [5, 5.41) is 29.8. The minimum Gasteiger partial charge on any atom is -0.353 e. The van der Waals surface area contributed by atoms with Crippen LogP contribution in [0.5, 0.6) is 0 Å². The van der Waals surface area contributed by atoms with Crippen LogP contribution in [-0.4, -0.2) is 71.1 Å². The van der Waals surface area contributed by atoms with Crippen LogP contribution >= 0.6 is 113 Å². The summed E-state index contributed by atoms with van der Waals surface area (Å²) in [5.74, 6) is -0.436. The van der Waals surface area contributed by atoms with Crippen LogP contribution in [0.15, 0.2) is 227 Å². The molecule has 684 valence electrons. The fraction of sp³-hybridized carbons (Fsp3) is 0.198. The predicted molar refractivity (Wildman–Crippen MR) is 548 cm³/mol. The molecule has 1 N–H and O–H groups in total. The lowest BCUT2D eigenvalue weighted by Gasteiger charge is -2.09. The van der Waals surface area contributed by atoms with Crippen LogP contribution in [0.4, 0.5) is 20.2 Å². The van der Waals surface area contributed by atoms with Gasteiger partial charge in [-0.2, -0.15) is 46.4 Å². The maximum absolute atomic E-state index is 12.8. The SMILES string of the molecule is CC(=O)c1nsc(C)c1CCc1ccc(F)cc1.CC(=O)c1nsc(C)c1Cc1ccc(-c2ccc(C#N)cc2)cc1.CC(=O)c1nsc(C)c1Cc1ccc(Br)cc1.CC(=O)c1nsc(C)c1Cc1ccc(C#N)cc1.CC(=O)c1nsc(C)c1Cc1ccc(F)cc1.CC(=O)c1nsc(C)c1Cc1cccc(Br)c1.CC(=O)c1nsc(C)c1Nc1cccc(-c2ccc(C#N)cc2)c1. The first-order chi connectivity index (χ1) is 64.6. The van der Waals surface area contributed by atoms with E-state index in [-0.39, 0.29) is 52.1 Å². The van der Waals surface area contributed by atoms with Gasteiger partial charge in [0.1, 0.15) is 51.5 Å². The number of anilines is 2. The molecule has 0 saturated carbocycles. The Hall–Kier alpha value is -12.8. The number of benzene rings is 9. The number of rotatable bonds is 24. The molecule has 16 rings (SSSR count). The monoisotopic (exact) mass is 2050 g/mol. The van der Waals surface area contributed by atoms with Crippen molar-refractivity contribution in [3.05, 3.63) is 396 Å². The number of carbonyl (C=O) groups is 7. The summed E-state index contributed by atoms with van der Waals surface area (Å²) in [6.45, 7) is 24.7. The molecule has 0 saturated heterocycles. The number of hydrogen-bond acceptors (Lipinski definition) is 25. The van der Waals surface area contributed by atoms with Crippen LogP contribution in [0.3, 0.4) is 0 Å². The van der Waals surface area contributed by atoms with Gasteiger partial charge in [0.2, 0.25) is 0 Å². The van der Waals surface area contributed by atoms with Crippen molar-refractivity contribution in [3.63, 3.8) is 0 Å². The van der Waals surface area contributed by atoms with Gasteiger partial charge in [0.15, 0.2) is 40.5 Å². The number of hydrogen-bond donors (Lipinski definition) is 1. The Labute approximate surface area is 830 Å². The zero-order chi connectivity index (χ0) is 97.7. The normalized spacial score (nSPS) is 10.4. The van der Waals surface area contributed by atoms with E-state index in [9.17, 15) is 42.3 Å². The molecular formula is C106H93Br2F2N11O7S7. The Balaban J connectivity index is 0.000000164. The maximum atomic E-state index is 12.8. The number of nitrogens with zero attached hydrogens (tertiary/aromatic N) is 10. The van der Waals surface area contributed by atoms with E-state index in [1.54, 1.807) is 69.3 Å². The van der Waals surface area contributed by atoms with Gasteiger partial charge in [-0.25, -0.2) is 8.78 Å². The van der Waals surface area contributed by atoms with Crippen LogP contribution in [0, 0.1) is 94.1 Å². The molecule has 29 heteroatoms. The smallest absolute Gasteiger partial charge is 0.181 e. The average molecular weight is 2060 g/mol. The van der Waals surface area contributed by atoms with Crippen LogP contribution in [-0.2, 0) is 44.9 Å². The van der Waals surface area contributed by atoms with Crippen LogP contribution in [0.25, 0.3) is 22.3 Å². The number of ketones is 7. The van der Waals surface area contributed by atoms with Crippen molar-refractivity contribution < 1.29 is 42.3 Å². The fourth-order valence-corrected chi connectivity index (χ4v) is 19.7. The standard InChI is InChI=1S/C20H16N2OS.C19H15N3OS.C14H14FNOS.C14H12N2OS.2C13H12BrNOS.C13H12FNOS/c1-13(23)20-19(14(2)24-22-20)11-15-3-7-17(8-4-15)18-9-5-16(12-21)6-10-18;1-12(23)18-19(13(2)24-22-18)21-17-5-3-4-16(10-17)15-8-6-14(11-20)7-9-15;1-9(17)14-13(10(2)18-16-14)8-5-11-3-6-12(15)7-4-11;1-9(17)14-13(10(2)18-16-14)7-11-3-5-12(8-15)6-4-11;1-8(16)13-12(9(2)17-15-13)7-10-3-5-11(14)6-4-10;1-8(16)13-12(9(2)17-15-13)7-10-4-3-5-11(14)6-10;1-8(16)13-12(9(2)17-15-13)7-10-3-5-11(14)6-4-10/h3-10H,11H2,1-2H3;3-10,21H,1-2H3;3-4,6-7H,5,8H2,1-2H3;3-6H,7H2,1-2H3;3*3-6H,7H2,1-2H3. The summed E-state index contributed by atoms with van der Waals surface area (Å²) < 4.78 is 57.1. The molecule has 18 nitrogen and oxygen atoms in total. The van der Waals surface area contributed by atoms with Crippen molar-refractivity contribution in [3.8, 4) is 40.5 Å². The fourth-order valence-electron chi connectivity index (χ4n) is 13.8. The van der Waals surface area contributed by atoms with Gasteiger partial charge in [-0.3, -0.25) is 33.6 Å². The summed E-state index contributed by atoms with van der Waals surface area (Å²) in [5.41, 5.74) is 24.6. The molecule has 0 aliphatic carbocycles. The second-order valence-corrected chi connectivity index (χ2v) is 39.9. The quantitative estimate of drug-likeness (QED) is 0.0550. The third kappa shape index (κ3) is 30.1. The number of aromatic nitrogens is 7. The second kappa shape index (κ2) is 50.5. The Morgan fingerprint density at radius 1 is 0.289 bits per heavy atom. The summed E-state index contributed by atoms with van der Waals surface area (Å²) in [6.07, 6.45) is 5.11. The van der Waals surface area contributed by atoms with E-state index in [0.29, 0.717) is 75.8 Å². The van der Waals surface area contributed by atoms with Gasteiger partial charge in [0.05, 0.1) is 40.6 Å². The zero-order valence-corrected chi connectivity index (χ0v) is 85.3. The van der Waals surface area contributed by atoms with E-state index >= 15 is 0 Å². The number of carbonyl (C=O) groups excluding carboxylic acids is 7. The molecule has 0 unspecified atom stereocenters. The number of Topliss-reactive ketones (excluding diaryl/α,β-unsaturated/α-hetero) is 7. The van der Waals surface area contributed by atoms with Crippen molar-refractivity contribution in [2.75, 3.05) is 5.32 Å². The van der Waals surface area contributed by atoms with Crippen molar-refractivity contribution in [2.45, 2.75) is 142 Å². The highest BCUT2D eigenvalue weighted by atomic mass is 79.9. The van der Waals surface area contributed by atoms with E-state index in [4.69, 9.17) is 15.8 Å². The lowest BCUT2D eigenvalue weighted by molar-refractivity contribution is 0.100. The third-order valence-corrected chi connectivity index (χ3v) is 27.7. The Bertz CT molecular complexity index is 6920. The van der Waals surface area contributed by atoms with Crippen molar-refractivity contribution in [2.24, 2.45) is 0 Å². The first-order valence-electron chi connectivity index (χ1n) is 42.3. The van der Waals surface area contributed by atoms with Crippen LogP contribution in [0.2, 0.25) is 0 Å². The Morgan fingerprint density at radius 2 is 0.563 bits per heavy atom. The molecule has 0 bridgehead atoms. The van der Waals surface area contributed by atoms with Gasteiger partial charge in [0, 0.05) is 157 Å². The number of halogens is 4. The highest BCUT2D eigenvalue weighted by Crippen LogP contribution is 2.34. The van der Waals surface area contributed by atoms with E-state index in [0.717, 1.165) is 158 Å². The Kier molecular flexibility index (Phi) is 39.0. The van der Waals surface area contributed by atoms with Gasteiger partial charge < -0.3 is 5.32 Å². The van der Waals surface area contributed by atoms with Gasteiger partial charge in [0.25, 0.3) is 0 Å². The lowest BCUT2D eigenvalue weighted by atomic mass is 9.98. The highest BCUT2D eigenvalue weighted by molar-refractivity contribution is 9.10. The highest BCUT2D eigenvalue weighted by Gasteiger charge is 2.23. The van der Waals surface area contributed by atoms with E-state index in [1.165, 1.54) is 144 Å². The molecule has 0 radical (unpaired) electrons. The van der Waals surface area contributed by atoms with E-state index in [2.05, 4.69) is 135 Å². The molecule has 0 aliphatic rings. The van der Waals surface area contributed by atoms with Crippen LogP contribution in [0.1, 0.15) is 239 Å². The van der Waals surface area contributed by atoms with Gasteiger partial charge >= 0.3 is 0 Å². The van der Waals surface area contributed by atoms with Crippen molar-refractivity contribution in [1.29, 1.82) is 15.8 Å². The second-order valence-electron chi connectivity index (χ2n) is 31.2. The largest absolute Gasteiger partial charge is 0.353 e. The molecule has 16 aromatic rings. The van der Waals surface area contributed by atoms with Gasteiger partial charge in [-0.05, 0) is 300 Å². The molecule has 0 fully saturated rings. The molecule has 9 aromatic carbocycles. The van der Waals surface area contributed by atoms with Crippen LogP contribution < -0.4 is 5.32 Å². The molecule has 135 heavy (non-hydrogen) atoms. The topological polar surface area (TPSA) is 293 Å². The van der Waals surface area contributed by atoms with E-state index < -0.39 is 0 Å². The first-order valence-corrected chi connectivity index (χ1v) is 49.3. The summed E-state index contributed by atoms with van der Waals surface area (Å²) in [7, 11) is 0. The number of nitriles is 3. The van der Waals surface area contributed by atoms with Crippen molar-refractivity contribution >= 4 is 164 Å². The predicted octanol–water partition coefficient (Wildman–Crippen LogP) is 27.8.